The molecule has 0 unspecified atom stereocenters. The van der Waals surface area contributed by atoms with Gasteiger partial charge in [-0.2, -0.15) is 8.78 Å². The number of nitrogens with two attached hydrogens (primary N) is 1. The summed E-state index contributed by atoms with van der Waals surface area (Å²) < 4.78 is 46.3. The van der Waals surface area contributed by atoms with Gasteiger partial charge in [0.25, 0.3) is 0 Å². The van der Waals surface area contributed by atoms with Crippen LogP contribution in [0.5, 0.6) is 0 Å². The molecule has 1 atom stereocenters. The van der Waals surface area contributed by atoms with E-state index in [1.54, 1.807) is 10.6 Å². The molecule has 3 heterocycles. The molecular formula is C20H23ClF3N7. The maximum atomic E-state index is 15.1. The van der Waals surface area contributed by atoms with Crippen molar-refractivity contribution in [3.63, 3.8) is 0 Å². The number of rotatable bonds is 3. The Balaban J connectivity index is 1.92. The highest BCUT2D eigenvalue weighted by atomic mass is 35.5. The van der Waals surface area contributed by atoms with Crippen LogP contribution in [0.3, 0.4) is 0 Å². The fourth-order valence-corrected chi connectivity index (χ4v) is 4.15. The molecule has 1 aromatic carbocycles. The molecule has 0 amide bonds. The molecule has 0 spiro atoms. The van der Waals surface area contributed by atoms with Gasteiger partial charge in [-0.15, -0.1) is 0 Å². The topological polar surface area (TPSA) is 76.1 Å². The number of alkyl halides is 2. The Morgan fingerprint density at radius 1 is 1.23 bits per heavy atom. The van der Waals surface area contributed by atoms with Gasteiger partial charge in [0.2, 0.25) is 11.9 Å². The third-order valence-corrected chi connectivity index (χ3v) is 5.97. The van der Waals surface area contributed by atoms with Gasteiger partial charge in [-0.25, -0.2) is 24.2 Å². The van der Waals surface area contributed by atoms with Crippen molar-refractivity contribution in [2.75, 3.05) is 30.8 Å². The molecule has 4 rings (SSSR count). The molecule has 1 saturated heterocycles. The summed E-state index contributed by atoms with van der Waals surface area (Å²) in [4.78, 5) is 15.0. The molecule has 0 bridgehead atoms. The summed E-state index contributed by atoms with van der Waals surface area (Å²) in [6, 6.07) is -1.39. The molecule has 31 heavy (non-hydrogen) atoms. The van der Waals surface area contributed by atoms with E-state index in [1.165, 1.54) is 31.1 Å². The highest BCUT2D eigenvalue weighted by molar-refractivity contribution is 6.33. The molecular weight excluding hydrogens is 431 g/mol. The summed E-state index contributed by atoms with van der Waals surface area (Å²) in [6.07, 6.45) is 1.35. The normalized spacial score (nSPS) is 19.5. The van der Waals surface area contributed by atoms with E-state index in [4.69, 9.17) is 17.3 Å². The van der Waals surface area contributed by atoms with Gasteiger partial charge in [0.05, 0.1) is 22.4 Å². The van der Waals surface area contributed by atoms with E-state index in [9.17, 15) is 8.78 Å². The molecule has 7 nitrogen and oxygen atoms in total. The number of benzene rings is 1. The Morgan fingerprint density at radius 2 is 1.94 bits per heavy atom. The van der Waals surface area contributed by atoms with Crippen LogP contribution in [0.4, 0.5) is 25.1 Å². The lowest BCUT2D eigenvalue weighted by Gasteiger charge is -2.44. The third kappa shape index (κ3) is 3.47. The van der Waals surface area contributed by atoms with Gasteiger partial charge in [-0.1, -0.05) is 11.6 Å². The van der Waals surface area contributed by atoms with Crippen LogP contribution >= 0.6 is 11.6 Å². The van der Waals surface area contributed by atoms with Crippen molar-refractivity contribution in [2.45, 2.75) is 38.9 Å². The Labute approximate surface area is 182 Å². The number of nitrogens with zero attached hydrogens (tertiary/aromatic N) is 6. The fourth-order valence-electron chi connectivity index (χ4n) is 3.95. The van der Waals surface area contributed by atoms with E-state index in [1.807, 2.05) is 13.8 Å². The molecule has 1 aliphatic heterocycles. The number of anilines is 2. The highest BCUT2D eigenvalue weighted by Gasteiger charge is 2.48. The lowest BCUT2D eigenvalue weighted by molar-refractivity contribution is -0.160. The molecule has 0 aliphatic carbocycles. The molecule has 1 fully saturated rings. The largest absolute Gasteiger partial charge is 0.368 e. The second-order valence-corrected chi connectivity index (χ2v) is 8.41. The molecule has 166 valence electrons. The number of likely N-dealkylation sites (N-methyl/N-ethyl adjacent to an activating group) is 1. The number of aromatic nitrogens is 4. The first-order valence-corrected chi connectivity index (χ1v) is 10.3. The predicted octanol–water partition coefficient (Wildman–Crippen LogP) is 4.18. The van der Waals surface area contributed by atoms with Crippen LogP contribution < -0.4 is 10.6 Å². The quantitative estimate of drug-likeness (QED) is 0.599. The Kier molecular flexibility index (Phi) is 5.25. The average Bonchev–Trinajstić information content (AvgIpc) is 3.08. The van der Waals surface area contributed by atoms with Gasteiger partial charge < -0.3 is 15.2 Å². The maximum Gasteiger partial charge on any atom is 0.324 e. The molecule has 2 N–H and O–H groups in total. The second-order valence-electron chi connectivity index (χ2n) is 8.00. The molecule has 2 aromatic heterocycles. The van der Waals surface area contributed by atoms with Gasteiger partial charge in [0.1, 0.15) is 11.6 Å². The smallest absolute Gasteiger partial charge is 0.324 e. The van der Waals surface area contributed by atoms with Gasteiger partial charge >= 0.3 is 6.05 Å². The monoisotopic (exact) mass is 453 g/mol. The van der Waals surface area contributed by atoms with Crippen molar-refractivity contribution in [1.82, 2.24) is 24.4 Å². The Morgan fingerprint density at radius 3 is 2.61 bits per heavy atom. The van der Waals surface area contributed by atoms with Crippen LogP contribution in [0.1, 0.15) is 26.8 Å². The second kappa shape index (κ2) is 7.52. The van der Waals surface area contributed by atoms with Gasteiger partial charge in [0.15, 0.2) is 5.82 Å². The molecule has 0 radical (unpaired) electrons. The SMILES string of the molecule is CC(C)n1c(N2CCN(C)C(F)(F)[C@@H]2C)nc2c(F)cc(-c3nc(N)ncc3Cl)cc21. The van der Waals surface area contributed by atoms with Crippen molar-refractivity contribution in [3.8, 4) is 11.3 Å². The zero-order valence-corrected chi connectivity index (χ0v) is 18.3. The Bertz CT molecular complexity index is 1150. The van der Waals surface area contributed by atoms with Crippen molar-refractivity contribution >= 4 is 34.5 Å². The minimum atomic E-state index is -3.05. The van der Waals surface area contributed by atoms with Crippen molar-refractivity contribution in [3.05, 3.63) is 29.2 Å². The minimum Gasteiger partial charge on any atom is -0.368 e. The fraction of sp³-hybridized carbons (Fsp3) is 0.450. The number of halogens is 4. The highest BCUT2D eigenvalue weighted by Crippen LogP contribution is 2.38. The summed E-state index contributed by atoms with van der Waals surface area (Å²) in [5, 5.41) is 0.219. The summed E-state index contributed by atoms with van der Waals surface area (Å²) in [6.45, 7) is 5.73. The van der Waals surface area contributed by atoms with E-state index in [0.717, 1.165) is 4.90 Å². The molecule has 11 heteroatoms. The maximum absolute atomic E-state index is 15.1. The van der Waals surface area contributed by atoms with Crippen LogP contribution in [-0.4, -0.2) is 56.6 Å². The first kappa shape index (κ1) is 21.6. The van der Waals surface area contributed by atoms with E-state index >= 15 is 4.39 Å². The van der Waals surface area contributed by atoms with E-state index in [2.05, 4.69) is 15.0 Å². The van der Waals surface area contributed by atoms with Crippen LogP contribution in [-0.2, 0) is 0 Å². The van der Waals surface area contributed by atoms with E-state index in [-0.39, 0.29) is 34.8 Å². The average molecular weight is 454 g/mol. The van der Waals surface area contributed by atoms with Crippen molar-refractivity contribution in [2.24, 2.45) is 0 Å². The van der Waals surface area contributed by atoms with Gasteiger partial charge in [-0.05, 0) is 40.0 Å². The van der Waals surface area contributed by atoms with Gasteiger partial charge in [0, 0.05) is 24.7 Å². The van der Waals surface area contributed by atoms with Crippen LogP contribution in [0, 0.1) is 5.82 Å². The molecule has 3 aromatic rings. The summed E-state index contributed by atoms with van der Waals surface area (Å²) in [7, 11) is 1.39. The molecule has 1 aliphatic rings. The van der Waals surface area contributed by atoms with E-state index in [0.29, 0.717) is 23.6 Å². The molecule has 0 saturated carbocycles. The number of piperazine rings is 1. The predicted molar refractivity (Wildman–Crippen MR) is 115 cm³/mol. The van der Waals surface area contributed by atoms with Gasteiger partial charge in [-0.3, -0.25) is 0 Å². The number of imidazole rings is 1. The zero-order valence-electron chi connectivity index (χ0n) is 17.6. The number of hydrogen-bond acceptors (Lipinski definition) is 6. The van der Waals surface area contributed by atoms with Crippen molar-refractivity contribution < 1.29 is 13.2 Å². The van der Waals surface area contributed by atoms with Crippen molar-refractivity contribution in [1.29, 1.82) is 0 Å². The minimum absolute atomic E-state index is 0.00598. The van der Waals surface area contributed by atoms with E-state index < -0.39 is 17.9 Å². The lowest BCUT2D eigenvalue weighted by atomic mass is 10.1. The summed E-state index contributed by atoms with van der Waals surface area (Å²) in [5.41, 5.74) is 6.91. The van der Waals surface area contributed by atoms with Crippen LogP contribution in [0.2, 0.25) is 5.02 Å². The first-order chi connectivity index (χ1) is 14.5. The standard InChI is InChI=1S/C20H23ClF3N7/c1-10(2)31-15-8-12(16-13(21)9-26-18(25)27-16)7-14(22)17(15)28-19(31)30-6-5-29(4)20(23,24)11(30)3/h7-11H,5-6H2,1-4H3,(H2,25,26,27)/t11-/m0/s1. The number of nitrogen functional groups attached to an aromatic ring is 1. The number of fused-ring (bicyclic) bond motifs is 1. The Hall–Kier alpha value is -2.59. The summed E-state index contributed by atoms with van der Waals surface area (Å²) >= 11 is 6.21. The zero-order chi connectivity index (χ0) is 22.7. The third-order valence-electron chi connectivity index (χ3n) is 5.69. The number of hydrogen-bond donors (Lipinski definition) is 1. The van der Waals surface area contributed by atoms with Crippen LogP contribution in [0.15, 0.2) is 18.3 Å². The lowest BCUT2D eigenvalue weighted by Crippen LogP contribution is -2.62. The first-order valence-electron chi connectivity index (χ1n) is 9.88. The summed E-state index contributed by atoms with van der Waals surface area (Å²) in [5.74, 6) is -0.295. The van der Waals surface area contributed by atoms with Crippen LogP contribution in [0.25, 0.3) is 22.3 Å².